The van der Waals surface area contributed by atoms with Crippen LogP contribution in [0.1, 0.15) is 27.1 Å². The number of nitrogens with zero attached hydrogens (tertiary/aromatic N) is 2. The Balaban J connectivity index is 1.42. The maximum absolute atomic E-state index is 13.6. The number of carbonyl (C=O) groups is 3. The third kappa shape index (κ3) is 7.81. The predicted octanol–water partition coefficient (Wildman–Crippen LogP) is 1.61. The van der Waals surface area contributed by atoms with Gasteiger partial charge in [-0.05, 0) is 80.7 Å². The lowest BCUT2D eigenvalue weighted by atomic mass is 9.99. The molecule has 5 atom stereocenters. The monoisotopic (exact) mass is 650 g/mol. The number of benzene rings is 3. The molecule has 2 aliphatic rings. The zero-order chi connectivity index (χ0) is 33.7. The molecule has 0 aliphatic carbocycles. The highest BCUT2D eigenvalue weighted by molar-refractivity contribution is 6.11. The van der Waals surface area contributed by atoms with Crippen molar-refractivity contribution in [3.05, 3.63) is 77.9 Å². The van der Waals surface area contributed by atoms with Gasteiger partial charge in [0.2, 0.25) is 6.29 Å². The average molecular weight is 651 g/mol. The molecule has 1 unspecified atom stereocenters. The van der Waals surface area contributed by atoms with Crippen molar-refractivity contribution in [3.63, 3.8) is 0 Å². The summed E-state index contributed by atoms with van der Waals surface area (Å²) in [5.41, 5.74) is 1.66. The second-order valence-corrected chi connectivity index (χ2v) is 11.4. The van der Waals surface area contributed by atoms with Gasteiger partial charge in [0.1, 0.15) is 35.5 Å². The maximum atomic E-state index is 13.6. The van der Waals surface area contributed by atoms with Crippen LogP contribution in [0, 0.1) is 0 Å². The van der Waals surface area contributed by atoms with Crippen LogP contribution in [-0.2, 0) is 9.53 Å². The number of methoxy groups -OCH3 is 1. The molecule has 2 heterocycles. The lowest BCUT2D eigenvalue weighted by molar-refractivity contribution is -0.271. The van der Waals surface area contributed by atoms with Crippen molar-refractivity contribution in [1.29, 1.82) is 0 Å². The number of hydrogen-bond acceptors (Lipinski definition) is 11. The highest BCUT2D eigenvalue weighted by Gasteiger charge is 2.48. The average Bonchev–Trinajstić information content (AvgIpc) is 3.30. The van der Waals surface area contributed by atoms with Crippen molar-refractivity contribution in [1.82, 2.24) is 4.90 Å². The number of rotatable bonds is 9. The highest BCUT2D eigenvalue weighted by atomic mass is 16.7. The molecule has 47 heavy (non-hydrogen) atoms. The van der Waals surface area contributed by atoms with E-state index in [1.165, 1.54) is 25.3 Å². The third-order valence-electron chi connectivity index (χ3n) is 8.14. The summed E-state index contributed by atoms with van der Waals surface area (Å²) < 4.78 is 16.3. The maximum Gasteiger partial charge on any atom is 0.335 e. The number of para-hydroxylation sites is 1. The van der Waals surface area contributed by atoms with Crippen molar-refractivity contribution in [3.8, 4) is 11.5 Å². The van der Waals surface area contributed by atoms with Gasteiger partial charge in [-0.3, -0.25) is 9.59 Å². The fraction of sp³-hybridized carbons (Fsp3) is 0.364. The summed E-state index contributed by atoms with van der Waals surface area (Å²) >= 11 is 0. The van der Waals surface area contributed by atoms with E-state index in [-0.39, 0.29) is 22.7 Å². The zero-order valence-corrected chi connectivity index (χ0v) is 25.9. The molecule has 14 nitrogen and oxygen atoms in total. The summed E-state index contributed by atoms with van der Waals surface area (Å²) in [6, 6.07) is 17.8. The molecule has 2 saturated heterocycles. The topological polar surface area (TPSA) is 190 Å². The van der Waals surface area contributed by atoms with Gasteiger partial charge in [-0.15, -0.1) is 0 Å². The number of likely N-dealkylation sites (N-methyl/N-ethyl adjacent to an activating group) is 1. The van der Waals surface area contributed by atoms with Gasteiger partial charge < -0.3 is 55.1 Å². The number of aliphatic carboxylic acids is 1. The lowest BCUT2D eigenvalue weighted by Crippen LogP contribution is -2.61. The van der Waals surface area contributed by atoms with Crippen molar-refractivity contribution >= 4 is 34.8 Å². The minimum absolute atomic E-state index is 0.0257. The molecule has 14 heteroatoms. The van der Waals surface area contributed by atoms with Gasteiger partial charge in [-0.25, -0.2) is 4.79 Å². The Hall–Kier alpha value is -4.73. The van der Waals surface area contributed by atoms with Crippen LogP contribution in [0.3, 0.4) is 0 Å². The number of carboxylic acid groups (broad SMARTS) is 1. The lowest BCUT2D eigenvalue weighted by Gasteiger charge is -2.38. The van der Waals surface area contributed by atoms with E-state index in [4.69, 9.17) is 14.2 Å². The largest absolute Gasteiger partial charge is 0.497 e. The Bertz CT molecular complexity index is 1570. The third-order valence-corrected chi connectivity index (χ3v) is 8.14. The fourth-order valence-electron chi connectivity index (χ4n) is 5.39. The molecule has 3 aromatic rings. The van der Waals surface area contributed by atoms with Gasteiger partial charge >= 0.3 is 5.97 Å². The van der Waals surface area contributed by atoms with Gasteiger partial charge in [0.05, 0.1) is 12.8 Å². The summed E-state index contributed by atoms with van der Waals surface area (Å²) in [5, 5.41) is 45.9. The number of ether oxygens (including phenoxy) is 3. The molecule has 0 radical (unpaired) electrons. The molecule has 2 aliphatic heterocycles. The smallest absolute Gasteiger partial charge is 0.335 e. The molecule has 6 N–H and O–H groups in total. The van der Waals surface area contributed by atoms with Crippen LogP contribution in [0.5, 0.6) is 11.5 Å². The van der Waals surface area contributed by atoms with Crippen molar-refractivity contribution in [2.45, 2.75) is 37.1 Å². The van der Waals surface area contributed by atoms with Gasteiger partial charge in [0.15, 0.2) is 6.10 Å². The van der Waals surface area contributed by atoms with Crippen molar-refractivity contribution in [2.24, 2.45) is 0 Å². The molecule has 5 rings (SSSR count). The Morgan fingerprint density at radius 2 is 1.47 bits per heavy atom. The van der Waals surface area contributed by atoms with E-state index in [2.05, 4.69) is 27.5 Å². The molecule has 3 aromatic carbocycles. The van der Waals surface area contributed by atoms with E-state index in [1.54, 1.807) is 36.4 Å². The first-order valence-corrected chi connectivity index (χ1v) is 15.1. The summed E-state index contributed by atoms with van der Waals surface area (Å²) in [4.78, 5) is 42.9. The van der Waals surface area contributed by atoms with Gasteiger partial charge in [-0.2, -0.15) is 0 Å². The number of carbonyl (C=O) groups excluding carboxylic acids is 2. The molecule has 0 spiro atoms. The second-order valence-electron chi connectivity index (χ2n) is 11.4. The van der Waals surface area contributed by atoms with Crippen molar-refractivity contribution < 1.29 is 49.0 Å². The van der Waals surface area contributed by atoms with Crippen LogP contribution in [0.25, 0.3) is 0 Å². The van der Waals surface area contributed by atoms with E-state index >= 15 is 0 Å². The van der Waals surface area contributed by atoms with Gasteiger partial charge in [-0.1, -0.05) is 6.07 Å². The number of hydrogen-bond donors (Lipinski definition) is 6. The molecule has 0 bridgehead atoms. The van der Waals surface area contributed by atoms with Crippen LogP contribution in [0.4, 0.5) is 17.1 Å². The number of aliphatic hydroxyl groups excluding tert-OH is 3. The van der Waals surface area contributed by atoms with E-state index in [1.807, 2.05) is 12.1 Å². The molecule has 0 saturated carbocycles. The molecule has 0 aromatic heterocycles. The number of carboxylic acids is 1. The quantitative estimate of drug-likeness (QED) is 0.197. The van der Waals surface area contributed by atoms with E-state index in [0.29, 0.717) is 11.3 Å². The van der Waals surface area contributed by atoms with Crippen LogP contribution >= 0.6 is 0 Å². The van der Waals surface area contributed by atoms with Gasteiger partial charge in [0, 0.05) is 36.4 Å². The van der Waals surface area contributed by atoms with E-state index in [9.17, 15) is 34.8 Å². The van der Waals surface area contributed by atoms with E-state index < -0.39 is 48.5 Å². The second kappa shape index (κ2) is 14.8. The van der Waals surface area contributed by atoms with E-state index in [0.717, 1.165) is 38.3 Å². The Morgan fingerprint density at radius 3 is 2.13 bits per heavy atom. The molecule has 2 fully saturated rings. The first-order chi connectivity index (χ1) is 22.5. The van der Waals surface area contributed by atoms with Gasteiger partial charge in [0.25, 0.3) is 11.8 Å². The molecular formula is C33H38N4O10. The number of nitrogens with one attached hydrogen (secondary N) is 2. The normalized spacial score (nSPS) is 23.3. The number of amides is 2. The summed E-state index contributed by atoms with van der Waals surface area (Å²) in [6.07, 6.45) is -8.33. The highest BCUT2D eigenvalue weighted by Crippen LogP contribution is 2.36. The summed E-state index contributed by atoms with van der Waals surface area (Å²) in [5.74, 6) is -2.22. The Kier molecular flexibility index (Phi) is 10.6. The number of anilines is 3. The first-order valence-electron chi connectivity index (χ1n) is 15.1. The number of aliphatic hydroxyl groups is 3. The zero-order valence-electron chi connectivity index (χ0n) is 25.9. The Morgan fingerprint density at radius 1 is 0.809 bits per heavy atom. The predicted molar refractivity (Wildman–Crippen MR) is 171 cm³/mol. The first kappa shape index (κ1) is 33.6. The minimum Gasteiger partial charge on any atom is -0.497 e. The summed E-state index contributed by atoms with van der Waals surface area (Å²) in [7, 11) is 3.59. The van der Waals surface area contributed by atoms with Crippen LogP contribution < -0.4 is 25.0 Å². The summed E-state index contributed by atoms with van der Waals surface area (Å²) in [6.45, 7) is 3.68. The fourth-order valence-corrected chi connectivity index (χ4v) is 5.39. The molecule has 2 amide bonds. The van der Waals surface area contributed by atoms with Crippen molar-refractivity contribution in [2.75, 3.05) is 55.9 Å². The SMILES string of the molecule is COc1ccc(C(=O)Nc2cccc(OC3O[C@H](C(=O)O)[C@@H](O)[C@H](O)[C@H]3O)c2NC(=O)c2ccc(N3CCCN(C)CC3)cc2)cc1. The molecular weight excluding hydrogens is 612 g/mol. The standard InChI is InChI=1S/C33H38N4O10/c1-36-15-4-16-37(18-17-36)21-11-7-19(8-12-21)31(42)35-25-23(34-30(41)20-9-13-22(45-2)14-10-20)5-3-6-24(25)46-33-28(40)26(38)27(39)29(47-33)32(43)44/h3,5-14,26-29,33,38-40H,4,15-18H2,1-2H3,(H,34,41)(H,35,42)(H,43,44)/t26-,27-,28+,29-,33?/m0/s1. The van der Waals surface area contributed by atoms with Crippen LogP contribution in [0.15, 0.2) is 66.7 Å². The molecule has 250 valence electrons. The van der Waals surface area contributed by atoms with Crippen LogP contribution in [0.2, 0.25) is 0 Å². The minimum atomic E-state index is -1.92. The van der Waals surface area contributed by atoms with Crippen LogP contribution in [-0.4, -0.2) is 114 Å². The Labute approximate surface area is 271 Å².